The Kier molecular flexibility index (Phi) is 24.7. The minimum Gasteiger partial charge on any atom is -0.391 e. The zero-order chi connectivity index (χ0) is 30.1. The lowest BCUT2D eigenvalue weighted by Crippen LogP contribution is -2.46. The summed E-state index contributed by atoms with van der Waals surface area (Å²) in [6, 6.07) is -0.747. The van der Waals surface area contributed by atoms with Gasteiger partial charge in [-0.05, 0) is 12.8 Å². The minimum atomic E-state index is -4.28. The molecule has 9 heteroatoms. The number of quaternary nitrogens is 1. The molecule has 0 radical (unpaired) electrons. The molecule has 0 aliphatic rings. The first-order chi connectivity index (χ1) is 19.0. The fourth-order valence-electron chi connectivity index (χ4n) is 4.63. The maximum atomic E-state index is 12.6. The van der Waals surface area contributed by atoms with Crippen molar-refractivity contribution in [1.29, 1.82) is 0 Å². The number of hydrogen-bond acceptors (Lipinski definition) is 5. The third-order valence-corrected chi connectivity index (χ3v) is 8.34. The summed E-state index contributed by atoms with van der Waals surface area (Å²) in [5.41, 5.74) is 0. The van der Waals surface area contributed by atoms with Crippen LogP contribution in [0.3, 0.4) is 0 Å². The Bertz CT molecular complexity index is 644. The number of aliphatic hydroxyl groups excluding tert-OH is 1. The van der Waals surface area contributed by atoms with Crippen molar-refractivity contribution in [1.82, 2.24) is 5.32 Å². The molecule has 0 rings (SSSR count). The van der Waals surface area contributed by atoms with Crippen LogP contribution in [0.2, 0.25) is 0 Å². The number of likely N-dealkylation sites (N-methyl/N-ethyl adjacent to an activating group) is 1. The summed E-state index contributed by atoms with van der Waals surface area (Å²) in [6.07, 6.45) is 21.7. The van der Waals surface area contributed by atoms with Crippen molar-refractivity contribution < 1.29 is 32.9 Å². The van der Waals surface area contributed by atoms with Gasteiger partial charge in [0.25, 0.3) is 0 Å². The highest BCUT2D eigenvalue weighted by atomic mass is 31.2. The molecule has 3 N–H and O–H groups in total. The highest BCUT2D eigenvalue weighted by Crippen LogP contribution is 2.43. The van der Waals surface area contributed by atoms with E-state index in [2.05, 4.69) is 19.2 Å². The number of aliphatic hydroxyl groups is 1. The molecule has 3 unspecified atom stereocenters. The van der Waals surface area contributed by atoms with Crippen molar-refractivity contribution in [3.8, 4) is 0 Å². The molecule has 240 valence electrons. The highest BCUT2D eigenvalue weighted by molar-refractivity contribution is 7.47. The predicted molar refractivity (Wildman–Crippen MR) is 166 cm³/mol. The number of unbranched alkanes of at least 4 members (excludes halogenated alkanes) is 16. The maximum Gasteiger partial charge on any atom is 0.472 e. The van der Waals surface area contributed by atoms with Crippen molar-refractivity contribution in [3.05, 3.63) is 0 Å². The molecule has 0 heterocycles. The maximum absolute atomic E-state index is 12.6. The van der Waals surface area contributed by atoms with Crippen molar-refractivity contribution in [2.45, 2.75) is 154 Å². The number of phosphoric acid groups is 1. The summed E-state index contributed by atoms with van der Waals surface area (Å²) < 4.78 is 23.2. The van der Waals surface area contributed by atoms with Crippen LogP contribution in [0.1, 0.15) is 142 Å². The Balaban J connectivity index is 4.28. The fraction of sp³-hybridized carbons (Fsp3) is 0.968. The molecular formula is C31H66N2O6P+. The minimum absolute atomic E-state index is 0.0764. The molecule has 0 aromatic rings. The number of phosphoric ester groups is 1. The monoisotopic (exact) mass is 593 g/mol. The van der Waals surface area contributed by atoms with E-state index in [4.69, 9.17) is 9.05 Å². The van der Waals surface area contributed by atoms with Crippen molar-refractivity contribution in [2.24, 2.45) is 0 Å². The second-order valence-electron chi connectivity index (χ2n) is 12.5. The van der Waals surface area contributed by atoms with Gasteiger partial charge in [-0.1, -0.05) is 123 Å². The summed E-state index contributed by atoms with van der Waals surface area (Å²) in [6.45, 7) is 4.74. The van der Waals surface area contributed by atoms with Gasteiger partial charge in [-0.2, -0.15) is 0 Å². The van der Waals surface area contributed by atoms with E-state index in [-0.39, 0.29) is 19.1 Å². The van der Waals surface area contributed by atoms with Crippen LogP contribution in [0.4, 0.5) is 0 Å². The van der Waals surface area contributed by atoms with Gasteiger partial charge in [0.05, 0.1) is 39.9 Å². The quantitative estimate of drug-likeness (QED) is 0.0471. The molecule has 0 saturated heterocycles. The summed E-state index contributed by atoms with van der Waals surface area (Å²) in [5.74, 6) is -0.154. The molecule has 40 heavy (non-hydrogen) atoms. The van der Waals surface area contributed by atoms with Gasteiger partial charge < -0.3 is 19.8 Å². The first kappa shape index (κ1) is 39.5. The topological polar surface area (TPSA) is 105 Å². The van der Waals surface area contributed by atoms with E-state index in [1.165, 1.54) is 70.6 Å². The molecule has 0 spiro atoms. The van der Waals surface area contributed by atoms with E-state index in [1.807, 2.05) is 21.1 Å². The molecule has 0 aromatic carbocycles. The highest BCUT2D eigenvalue weighted by Gasteiger charge is 2.28. The van der Waals surface area contributed by atoms with Gasteiger partial charge in [0.1, 0.15) is 13.2 Å². The van der Waals surface area contributed by atoms with Crippen LogP contribution >= 0.6 is 7.82 Å². The summed E-state index contributed by atoms with van der Waals surface area (Å²) in [4.78, 5) is 22.7. The van der Waals surface area contributed by atoms with Crippen LogP contribution in [0.25, 0.3) is 0 Å². The van der Waals surface area contributed by atoms with Gasteiger partial charge in [0, 0.05) is 6.42 Å². The molecule has 1 amide bonds. The van der Waals surface area contributed by atoms with E-state index < -0.39 is 20.0 Å². The van der Waals surface area contributed by atoms with Gasteiger partial charge in [-0.3, -0.25) is 13.8 Å². The largest absolute Gasteiger partial charge is 0.472 e. The normalized spacial score (nSPS) is 15.1. The number of amides is 1. The molecule has 3 atom stereocenters. The Hall–Kier alpha value is -0.500. The van der Waals surface area contributed by atoms with Crippen LogP contribution in [-0.4, -0.2) is 73.4 Å². The van der Waals surface area contributed by atoms with E-state index in [0.29, 0.717) is 23.9 Å². The Morgan fingerprint density at radius 2 is 1.20 bits per heavy atom. The lowest BCUT2D eigenvalue weighted by molar-refractivity contribution is -0.870. The van der Waals surface area contributed by atoms with Crippen molar-refractivity contribution in [3.63, 3.8) is 0 Å². The number of carbonyl (C=O) groups is 1. The Morgan fingerprint density at radius 3 is 1.68 bits per heavy atom. The van der Waals surface area contributed by atoms with Crippen LogP contribution in [0.15, 0.2) is 0 Å². The average Bonchev–Trinajstić information content (AvgIpc) is 2.88. The number of nitrogens with zero attached hydrogens (tertiary/aromatic N) is 1. The standard InChI is InChI=1S/C31H65N2O6P/c1-6-8-10-12-13-14-15-16-17-18-19-20-21-23-25-31(35)32-29(30(34)24-22-11-9-7-2)28-39-40(36,37)38-27-26-33(3,4)5/h29-30,34H,6-28H2,1-5H3,(H-,32,35,36,37)/p+1. The van der Waals surface area contributed by atoms with Gasteiger partial charge >= 0.3 is 7.82 Å². The number of hydrogen-bond donors (Lipinski definition) is 3. The van der Waals surface area contributed by atoms with E-state index in [9.17, 15) is 19.4 Å². The number of rotatable bonds is 29. The van der Waals surface area contributed by atoms with Crippen LogP contribution in [-0.2, 0) is 18.4 Å². The van der Waals surface area contributed by atoms with Gasteiger partial charge in [0.2, 0.25) is 5.91 Å². The second-order valence-corrected chi connectivity index (χ2v) is 14.0. The fourth-order valence-corrected chi connectivity index (χ4v) is 5.37. The SMILES string of the molecule is CCCCCCCCCCCCCCCCC(=O)NC(COP(=O)(O)OCC[N+](C)(C)C)C(O)CCCCCC. The molecule has 0 bridgehead atoms. The second kappa shape index (κ2) is 25.0. The van der Waals surface area contributed by atoms with Crippen LogP contribution in [0, 0.1) is 0 Å². The zero-order valence-corrected chi connectivity index (χ0v) is 27.7. The predicted octanol–water partition coefficient (Wildman–Crippen LogP) is 7.51. The van der Waals surface area contributed by atoms with Gasteiger partial charge in [-0.15, -0.1) is 0 Å². The zero-order valence-electron chi connectivity index (χ0n) is 26.8. The van der Waals surface area contributed by atoms with E-state index in [1.54, 1.807) is 0 Å². The van der Waals surface area contributed by atoms with E-state index in [0.717, 1.165) is 44.9 Å². The summed E-state index contributed by atoms with van der Waals surface area (Å²) >= 11 is 0. The van der Waals surface area contributed by atoms with Crippen molar-refractivity contribution in [2.75, 3.05) is 40.9 Å². The number of nitrogens with one attached hydrogen (secondary N) is 1. The van der Waals surface area contributed by atoms with Gasteiger partial charge in [-0.25, -0.2) is 4.57 Å². The molecule has 0 aliphatic heterocycles. The van der Waals surface area contributed by atoms with Crippen molar-refractivity contribution >= 4 is 13.7 Å². The third-order valence-electron chi connectivity index (χ3n) is 7.36. The molecule has 0 fully saturated rings. The summed E-state index contributed by atoms with van der Waals surface area (Å²) in [5, 5.41) is 13.6. The molecule has 0 saturated carbocycles. The smallest absolute Gasteiger partial charge is 0.391 e. The first-order valence-corrected chi connectivity index (χ1v) is 17.9. The molecule has 8 nitrogen and oxygen atoms in total. The lowest BCUT2D eigenvalue weighted by atomic mass is 10.0. The third kappa shape index (κ3) is 26.4. The average molecular weight is 594 g/mol. The van der Waals surface area contributed by atoms with Gasteiger partial charge in [0.15, 0.2) is 0 Å². The summed E-state index contributed by atoms with van der Waals surface area (Å²) in [7, 11) is 1.61. The first-order valence-electron chi connectivity index (χ1n) is 16.4. The van der Waals surface area contributed by atoms with Crippen LogP contribution < -0.4 is 5.32 Å². The van der Waals surface area contributed by atoms with Crippen LogP contribution in [0.5, 0.6) is 0 Å². The van der Waals surface area contributed by atoms with E-state index >= 15 is 0 Å². The molecular weight excluding hydrogens is 527 g/mol. The Labute approximate surface area is 247 Å². The molecule has 0 aliphatic carbocycles. The Morgan fingerprint density at radius 1 is 0.750 bits per heavy atom. The lowest BCUT2D eigenvalue weighted by Gasteiger charge is -2.26. The number of carbonyl (C=O) groups excluding carboxylic acids is 1. The molecule has 0 aromatic heterocycles.